The van der Waals surface area contributed by atoms with Crippen LogP contribution in [0.5, 0.6) is 23.0 Å². The quantitative estimate of drug-likeness (QED) is 0.0597. The Morgan fingerprint density at radius 3 is 0.920 bits per heavy atom. The van der Waals surface area contributed by atoms with Gasteiger partial charge in [-0.1, -0.05) is 115 Å². The van der Waals surface area contributed by atoms with Crippen LogP contribution >= 0.6 is 15.9 Å². The molecular formula is C126H136BBrN4O18. The summed E-state index contributed by atoms with van der Waals surface area (Å²) < 4.78 is 72.6. The third-order valence-electron chi connectivity index (χ3n) is 28.1. The number of aliphatic carboxylic acids is 2. The van der Waals surface area contributed by atoms with Gasteiger partial charge in [-0.2, -0.15) is 0 Å². The molecule has 22 nitrogen and oxygen atoms in total. The van der Waals surface area contributed by atoms with Crippen molar-refractivity contribution in [2.45, 2.75) is 264 Å². The molecule has 0 radical (unpaired) electrons. The number of carbonyl (C=O) groups is 4. The predicted molar refractivity (Wildman–Crippen MR) is 601 cm³/mol. The van der Waals surface area contributed by atoms with Crippen molar-refractivity contribution in [2.75, 3.05) is 39.6 Å². The standard InChI is InChI=1S/C31H33NO4.2C29H29NO4.C19H24BrNO3.C18H21BO3/c1-7-34-30(33)29(36-31(4,5)6)26-18(2)17-24-23(12-11-19(3)32-24)28(26)22-13-14-25-27-20(15-16-35-25)9-8-10-21(22)27;2*1-16-15-22-21(10-9-17(2)30-22)26(24(16)27(28(31)32)34-29(3,4)5)20-11-12-23-25-18(13-14-33-23)7-6-8-19(20)25;1-7-23-18(22)17(24-19(4,5)6)15-11(2)10-14-13(16(15)20)9-8-12(3)21-14;1-17(2)18(3,4)22-19(21-17)14-8-9-15-16-12(10-11-20-15)6-5-7-13(14)16/h8-14,17,29H,7,15-16H2,1-6H3;2*6-12,15,27H,13-14H2,1-5H3,(H,31,32);8-10,17H,7H2,1-6H3;5-9H,10-11H2,1-4H3/t29-;2*27-;17-;/m0000./s1. The molecular weight excluding hydrogens is 1950 g/mol. The largest absolute Gasteiger partial charge is 0.495 e. The van der Waals surface area contributed by atoms with E-state index in [1.165, 1.54) is 33.0 Å². The van der Waals surface area contributed by atoms with Crippen LogP contribution in [-0.4, -0.2) is 134 Å². The maximum Gasteiger partial charge on any atom is 0.495 e. The first-order valence-corrected chi connectivity index (χ1v) is 52.6. The average molecular weight is 2090 g/mol. The van der Waals surface area contributed by atoms with Crippen molar-refractivity contribution in [1.82, 2.24) is 19.9 Å². The van der Waals surface area contributed by atoms with Crippen molar-refractivity contribution in [3.8, 4) is 56.4 Å². The lowest BCUT2D eigenvalue weighted by molar-refractivity contribution is -0.167. The zero-order valence-electron chi connectivity index (χ0n) is 91.0. The third-order valence-corrected chi connectivity index (χ3v) is 28.9. The first-order chi connectivity index (χ1) is 71.0. The Morgan fingerprint density at radius 2 is 0.613 bits per heavy atom. The zero-order valence-corrected chi connectivity index (χ0v) is 92.6. The fourth-order valence-corrected chi connectivity index (χ4v) is 21.9. The Labute approximate surface area is 887 Å². The van der Waals surface area contributed by atoms with E-state index in [-0.39, 0.29) is 36.9 Å². The van der Waals surface area contributed by atoms with Crippen molar-refractivity contribution in [2.24, 2.45) is 0 Å². The lowest BCUT2D eigenvalue weighted by Gasteiger charge is -2.32. The minimum atomic E-state index is -1.12. The van der Waals surface area contributed by atoms with E-state index in [1.54, 1.807) is 6.92 Å². The lowest BCUT2D eigenvalue weighted by atomic mass is 9.75. The van der Waals surface area contributed by atoms with E-state index >= 15 is 0 Å². The van der Waals surface area contributed by atoms with Gasteiger partial charge < -0.3 is 66.9 Å². The fraction of sp³-hybridized carbons (Fsp3) is 0.365. The van der Waals surface area contributed by atoms with Gasteiger partial charge >= 0.3 is 31.0 Å². The smallest absolute Gasteiger partial charge is 0.493 e. The van der Waals surface area contributed by atoms with E-state index in [1.807, 2.05) is 249 Å². The molecule has 12 aromatic carbocycles. The molecule has 1 fully saturated rings. The molecule has 0 aliphatic carbocycles. The second kappa shape index (κ2) is 42.9. The normalized spacial score (nSPS) is 15.2. The van der Waals surface area contributed by atoms with Gasteiger partial charge in [0.2, 0.25) is 0 Å². The minimum absolute atomic E-state index is 0.282. The van der Waals surface area contributed by atoms with E-state index in [0.717, 1.165) is 231 Å². The summed E-state index contributed by atoms with van der Waals surface area (Å²) in [5.74, 6) is 0.822. The first-order valence-electron chi connectivity index (χ1n) is 51.8. The Kier molecular flexibility index (Phi) is 30.8. The number of halogens is 1. The summed E-state index contributed by atoms with van der Waals surface area (Å²) in [5, 5.41) is 33.2. The Balaban J connectivity index is 0.000000129. The molecule has 5 aliphatic rings. The molecule has 0 bridgehead atoms. The summed E-state index contributed by atoms with van der Waals surface area (Å²) in [4.78, 5) is 70.0. The highest BCUT2D eigenvalue weighted by Crippen LogP contribution is 2.52. The van der Waals surface area contributed by atoms with Gasteiger partial charge in [0.1, 0.15) is 23.0 Å². The van der Waals surface area contributed by atoms with Gasteiger partial charge in [-0.05, 0) is 380 Å². The number of nitrogens with zero attached hydrogens (tertiary/aromatic N) is 4. The van der Waals surface area contributed by atoms with Gasteiger partial charge in [0.05, 0.1) is 95.3 Å². The Hall–Kier alpha value is -13.3. The van der Waals surface area contributed by atoms with Crippen LogP contribution in [-0.2, 0) is 82.6 Å². The summed E-state index contributed by atoms with van der Waals surface area (Å²) in [6, 6.07) is 65.9. The number of esters is 2. The van der Waals surface area contributed by atoms with Crippen LogP contribution in [0.1, 0.15) is 239 Å². The number of pyridine rings is 4. The van der Waals surface area contributed by atoms with Crippen LogP contribution in [0.2, 0.25) is 0 Å². The molecule has 0 spiro atoms. The van der Waals surface area contributed by atoms with Crippen LogP contribution < -0.4 is 24.4 Å². The second-order valence-corrected chi connectivity index (χ2v) is 45.2. The number of aromatic nitrogens is 4. The third kappa shape index (κ3) is 22.4. The average Bonchev–Trinajstić information content (AvgIpc) is 0.747. The Bertz CT molecular complexity index is 7740. The predicted octanol–water partition coefficient (Wildman–Crippen LogP) is 28.2. The van der Waals surface area contributed by atoms with Crippen molar-refractivity contribution >= 4 is 139 Å². The van der Waals surface area contributed by atoms with Gasteiger partial charge in [-0.25, -0.2) is 19.2 Å². The van der Waals surface area contributed by atoms with Crippen molar-refractivity contribution in [1.29, 1.82) is 0 Å². The van der Waals surface area contributed by atoms with E-state index in [4.69, 9.17) is 71.6 Å². The molecule has 0 saturated carbocycles. The molecule has 0 amide bonds. The molecule has 778 valence electrons. The van der Waals surface area contributed by atoms with Crippen molar-refractivity contribution < 1.29 is 86.1 Å². The van der Waals surface area contributed by atoms with Crippen molar-refractivity contribution in [3.05, 3.63) is 288 Å². The molecule has 21 rings (SSSR count). The number of carbonyl (C=O) groups excluding carboxylic acids is 2. The molecule has 150 heavy (non-hydrogen) atoms. The maximum atomic E-state index is 13.4. The van der Waals surface area contributed by atoms with E-state index in [2.05, 4.69) is 140 Å². The molecule has 5 aliphatic heterocycles. The van der Waals surface area contributed by atoms with E-state index in [9.17, 15) is 29.4 Å². The summed E-state index contributed by atoms with van der Waals surface area (Å²) in [6.07, 6.45) is -0.392. The highest BCUT2D eigenvalue weighted by molar-refractivity contribution is 9.10. The number of carboxylic acid groups (broad SMARTS) is 2. The molecule has 24 heteroatoms. The highest BCUT2D eigenvalue weighted by atomic mass is 79.9. The summed E-state index contributed by atoms with van der Waals surface area (Å²) in [5.41, 5.74) is 22.5. The summed E-state index contributed by atoms with van der Waals surface area (Å²) in [6.45, 7) is 54.0. The fourth-order valence-electron chi connectivity index (χ4n) is 21.1. The van der Waals surface area contributed by atoms with Crippen LogP contribution in [0, 0.1) is 55.4 Å². The molecule has 1 saturated heterocycles. The molecule has 16 aromatic rings. The van der Waals surface area contributed by atoms with Gasteiger partial charge in [0.15, 0.2) is 24.4 Å². The lowest BCUT2D eigenvalue weighted by Crippen LogP contribution is -2.41. The summed E-state index contributed by atoms with van der Waals surface area (Å²) >= 11 is 3.66. The minimum Gasteiger partial charge on any atom is -0.493 e. The zero-order chi connectivity index (χ0) is 108. The monoisotopic (exact) mass is 2080 g/mol. The number of rotatable bonds is 18. The van der Waals surface area contributed by atoms with Crippen molar-refractivity contribution in [3.63, 3.8) is 0 Å². The Morgan fingerprint density at radius 1 is 0.347 bits per heavy atom. The van der Waals surface area contributed by atoms with Gasteiger partial charge in [-0.3, -0.25) is 19.9 Å². The molecule has 9 heterocycles. The molecule has 4 atom stereocenters. The van der Waals surface area contributed by atoms with Crippen LogP contribution in [0.15, 0.2) is 199 Å². The molecule has 4 aromatic heterocycles. The maximum absolute atomic E-state index is 13.4. The summed E-state index contributed by atoms with van der Waals surface area (Å²) in [7, 11) is -0.337. The number of fused-ring (bicyclic) bond motifs is 4. The topological polar surface area (TPSA) is 271 Å². The number of ether oxygens (including phenoxy) is 10. The number of hydrogen-bond acceptors (Lipinski definition) is 20. The van der Waals surface area contributed by atoms with Gasteiger partial charge in [0.25, 0.3) is 0 Å². The number of benzene rings is 12. The first kappa shape index (κ1) is 108. The van der Waals surface area contributed by atoms with Crippen LogP contribution in [0.3, 0.4) is 0 Å². The number of hydrogen-bond donors (Lipinski definition) is 2. The highest BCUT2D eigenvalue weighted by Gasteiger charge is 2.53. The van der Waals surface area contributed by atoms with Gasteiger partial charge in [-0.15, -0.1) is 0 Å². The van der Waals surface area contributed by atoms with Gasteiger partial charge in [0, 0.05) is 118 Å². The van der Waals surface area contributed by atoms with Crippen LogP contribution in [0.25, 0.3) is 120 Å². The molecule has 2 N–H and O–H groups in total. The second-order valence-electron chi connectivity index (χ2n) is 44.4. The van der Waals surface area contributed by atoms with E-state index < -0.39 is 58.8 Å². The number of carboxylic acids is 2. The van der Waals surface area contributed by atoms with E-state index in [0.29, 0.717) is 37.6 Å². The number of aryl methyl sites for hydroxylation is 8. The molecule has 0 unspecified atom stereocenters. The SMILES string of the molecule is CC1(C)OB(c2ccc3c4c(cccc24)CCO3)OC1(C)C.CCOC(=O)[C@@H](OC(C)(C)C)c1c(C)cc2nc(C)ccc2c1-c1ccc2c3c(cccc13)CCO2.CCOC(=O)[C@@H](OC(C)(C)C)c1c(C)cc2nc(C)ccc2c1Br.Cc1ccc2c(-c3ccc4c5c(cccc35)CCO4)c([C@H](OC(C)(C)C)C(=O)O)c(C)cc2n1.Cc1ccc2c(-c3ccc4c5c(cccc35)CCO4)c([C@H](OC(C)(C)C)C(=O)O)c(C)cc2n1. The van der Waals surface area contributed by atoms with Crippen LogP contribution in [0.4, 0.5) is 0 Å².